The third-order valence-electron chi connectivity index (χ3n) is 2.45. The van der Waals surface area contributed by atoms with Crippen LogP contribution in [0, 0.1) is 9.39 Å². The van der Waals surface area contributed by atoms with Crippen molar-refractivity contribution < 1.29 is 9.18 Å². The van der Waals surface area contributed by atoms with Gasteiger partial charge in [-0.05, 0) is 46.9 Å². The first-order valence-corrected chi connectivity index (χ1v) is 6.73. The summed E-state index contributed by atoms with van der Waals surface area (Å²) in [5.74, 6) is -0.631. The number of para-hydroxylation sites is 1. The molecule has 0 aliphatic rings. The number of hydrogen-bond acceptors (Lipinski definition) is 1. The summed E-state index contributed by atoms with van der Waals surface area (Å²) in [6.45, 7) is 0. The van der Waals surface area contributed by atoms with Gasteiger partial charge in [-0.25, -0.2) is 4.39 Å². The SMILES string of the molecule is O=C(/C=C/c1ccccc1F)Nc1ccccc1I. The van der Waals surface area contributed by atoms with Crippen LogP contribution >= 0.6 is 22.6 Å². The zero-order valence-corrected chi connectivity index (χ0v) is 12.1. The van der Waals surface area contributed by atoms with E-state index in [1.807, 2.05) is 24.3 Å². The number of rotatable bonds is 3. The molecule has 0 atom stereocenters. The Labute approximate surface area is 124 Å². The van der Waals surface area contributed by atoms with Crippen molar-refractivity contribution in [3.8, 4) is 0 Å². The van der Waals surface area contributed by atoms with Crippen molar-refractivity contribution >= 4 is 40.3 Å². The number of hydrogen-bond donors (Lipinski definition) is 1. The van der Waals surface area contributed by atoms with Crippen LogP contribution in [0.4, 0.5) is 10.1 Å². The molecule has 0 fully saturated rings. The molecule has 2 nitrogen and oxygen atoms in total. The third-order valence-corrected chi connectivity index (χ3v) is 3.39. The summed E-state index contributed by atoms with van der Waals surface area (Å²) in [7, 11) is 0. The molecule has 2 aromatic rings. The van der Waals surface area contributed by atoms with Crippen molar-refractivity contribution in [1.82, 2.24) is 0 Å². The smallest absolute Gasteiger partial charge is 0.248 e. The van der Waals surface area contributed by atoms with Gasteiger partial charge in [-0.2, -0.15) is 0 Å². The highest BCUT2D eigenvalue weighted by Crippen LogP contribution is 2.17. The average molecular weight is 367 g/mol. The number of nitrogens with one attached hydrogen (secondary N) is 1. The zero-order chi connectivity index (χ0) is 13.7. The molecule has 0 radical (unpaired) electrons. The van der Waals surface area contributed by atoms with Crippen molar-refractivity contribution in [2.45, 2.75) is 0 Å². The van der Waals surface area contributed by atoms with Crippen molar-refractivity contribution in [1.29, 1.82) is 0 Å². The molecule has 19 heavy (non-hydrogen) atoms. The quantitative estimate of drug-likeness (QED) is 0.643. The lowest BCUT2D eigenvalue weighted by atomic mass is 10.2. The molecule has 1 amide bonds. The second-order valence-electron chi connectivity index (χ2n) is 3.82. The van der Waals surface area contributed by atoms with E-state index < -0.39 is 0 Å². The first-order chi connectivity index (χ1) is 9.16. The van der Waals surface area contributed by atoms with Gasteiger partial charge in [0.25, 0.3) is 0 Å². The van der Waals surface area contributed by atoms with Gasteiger partial charge in [0.05, 0.1) is 5.69 Å². The highest BCUT2D eigenvalue weighted by Gasteiger charge is 2.02. The molecule has 0 aliphatic heterocycles. The van der Waals surface area contributed by atoms with Gasteiger partial charge in [0.2, 0.25) is 5.91 Å². The fraction of sp³-hybridized carbons (Fsp3) is 0. The van der Waals surface area contributed by atoms with E-state index in [0.29, 0.717) is 5.56 Å². The van der Waals surface area contributed by atoms with E-state index in [2.05, 4.69) is 27.9 Å². The van der Waals surface area contributed by atoms with Crippen LogP contribution in [0.25, 0.3) is 6.08 Å². The van der Waals surface area contributed by atoms with Crippen molar-refractivity contribution in [3.05, 3.63) is 69.6 Å². The summed E-state index contributed by atoms with van der Waals surface area (Å²) >= 11 is 2.14. The third kappa shape index (κ3) is 3.89. The minimum Gasteiger partial charge on any atom is -0.322 e. The summed E-state index contributed by atoms with van der Waals surface area (Å²) in [5.41, 5.74) is 1.13. The molecule has 0 spiro atoms. The summed E-state index contributed by atoms with van der Waals surface area (Å²) in [4.78, 5) is 11.7. The largest absolute Gasteiger partial charge is 0.322 e. The lowest BCUT2D eigenvalue weighted by molar-refractivity contribution is -0.111. The highest BCUT2D eigenvalue weighted by atomic mass is 127. The molecule has 0 saturated heterocycles. The number of carbonyl (C=O) groups is 1. The van der Waals surface area contributed by atoms with Gasteiger partial charge in [-0.1, -0.05) is 30.3 Å². The van der Waals surface area contributed by atoms with E-state index in [-0.39, 0.29) is 11.7 Å². The van der Waals surface area contributed by atoms with E-state index in [9.17, 15) is 9.18 Å². The number of halogens is 2. The molecule has 2 rings (SSSR count). The Hall–Kier alpha value is -1.69. The van der Waals surface area contributed by atoms with Gasteiger partial charge in [-0.3, -0.25) is 4.79 Å². The second kappa shape index (κ2) is 6.47. The van der Waals surface area contributed by atoms with Crippen LogP contribution in [0.15, 0.2) is 54.6 Å². The van der Waals surface area contributed by atoms with E-state index in [0.717, 1.165) is 9.26 Å². The zero-order valence-electron chi connectivity index (χ0n) is 9.94. The fourth-order valence-corrected chi connectivity index (χ4v) is 2.03. The number of carbonyl (C=O) groups excluding carboxylic acids is 1. The highest BCUT2D eigenvalue weighted by molar-refractivity contribution is 14.1. The minimum atomic E-state index is -0.346. The van der Waals surface area contributed by atoms with Crippen LogP contribution in [0.2, 0.25) is 0 Å². The summed E-state index contributed by atoms with van der Waals surface area (Å²) < 4.78 is 14.3. The predicted octanol–water partition coefficient (Wildman–Crippen LogP) is 4.08. The number of amides is 1. The molecule has 0 bridgehead atoms. The van der Waals surface area contributed by atoms with Gasteiger partial charge in [0.15, 0.2) is 0 Å². The first kappa shape index (κ1) is 13.7. The molecule has 1 N–H and O–H groups in total. The van der Waals surface area contributed by atoms with Crippen LogP contribution in [0.3, 0.4) is 0 Å². The van der Waals surface area contributed by atoms with Gasteiger partial charge in [0, 0.05) is 15.2 Å². The maximum absolute atomic E-state index is 13.3. The Morgan fingerprint density at radius 3 is 2.53 bits per heavy atom. The lowest BCUT2D eigenvalue weighted by Crippen LogP contribution is -2.08. The van der Waals surface area contributed by atoms with Gasteiger partial charge in [0.1, 0.15) is 5.82 Å². The summed E-state index contributed by atoms with van der Waals surface area (Å²) in [6.07, 6.45) is 2.78. The van der Waals surface area contributed by atoms with Gasteiger partial charge >= 0.3 is 0 Å². The minimum absolute atomic E-state index is 0.285. The molecule has 4 heteroatoms. The molecule has 0 unspecified atom stereocenters. The van der Waals surface area contributed by atoms with Gasteiger partial charge < -0.3 is 5.32 Å². The van der Waals surface area contributed by atoms with Crippen LogP contribution in [-0.2, 0) is 4.79 Å². The number of anilines is 1. The summed E-state index contributed by atoms with van der Waals surface area (Å²) in [5, 5.41) is 2.74. The first-order valence-electron chi connectivity index (χ1n) is 5.65. The predicted molar refractivity (Wildman–Crippen MR) is 83.2 cm³/mol. The summed E-state index contributed by atoms with van der Waals surface area (Å²) in [6, 6.07) is 13.8. The molecule has 2 aromatic carbocycles. The maximum Gasteiger partial charge on any atom is 0.248 e. The fourth-order valence-electron chi connectivity index (χ4n) is 1.51. The van der Waals surface area contributed by atoms with Crippen LogP contribution in [0.5, 0.6) is 0 Å². The molecular weight excluding hydrogens is 356 g/mol. The topological polar surface area (TPSA) is 29.1 Å². The van der Waals surface area contributed by atoms with E-state index in [1.54, 1.807) is 18.2 Å². The van der Waals surface area contributed by atoms with E-state index in [1.165, 1.54) is 18.2 Å². The van der Waals surface area contributed by atoms with Crippen LogP contribution in [0.1, 0.15) is 5.56 Å². The molecule has 0 aromatic heterocycles. The molecule has 0 aliphatic carbocycles. The monoisotopic (exact) mass is 367 g/mol. The average Bonchev–Trinajstić information content (AvgIpc) is 2.40. The Kier molecular flexibility index (Phi) is 4.68. The number of benzene rings is 2. The van der Waals surface area contributed by atoms with Crippen molar-refractivity contribution in [2.75, 3.05) is 5.32 Å². The molecule has 0 heterocycles. The molecule has 96 valence electrons. The van der Waals surface area contributed by atoms with Crippen molar-refractivity contribution in [3.63, 3.8) is 0 Å². The Balaban J connectivity index is 2.06. The molecule has 0 saturated carbocycles. The Bertz CT molecular complexity index is 625. The molecular formula is C15H11FINO. The maximum atomic E-state index is 13.3. The normalized spacial score (nSPS) is 10.6. The Morgan fingerprint density at radius 1 is 1.11 bits per heavy atom. The van der Waals surface area contributed by atoms with Gasteiger partial charge in [-0.15, -0.1) is 0 Å². The lowest BCUT2D eigenvalue weighted by Gasteiger charge is -2.04. The van der Waals surface area contributed by atoms with Crippen LogP contribution < -0.4 is 5.32 Å². The Morgan fingerprint density at radius 2 is 1.79 bits per heavy atom. The van der Waals surface area contributed by atoms with Crippen molar-refractivity contribution in [2.24, 2.45) is 0 Å². The standard InChI is InChI=1S/C15H11FINO/c16-12-6-2-1-5-11(12)9-10-15(19)18-14-8-4-3-7-13(14)17/h1-10H,(H,18,19)/b10-9+. The van der Waals surface area contributed by atoms with Crippen LogP contribution in [-0.4, -0.2) is 5.91 Å². The van der Waals surface area contributed by atoms with E-state index >= 15 is 0 Å². The second-order valence-corrected chi connectivity index (χ2v) is 4.99. The van der Waals surface area contributed by atoms with E-state index in [4.69, 9.17) is 0 Å².